The summed E-state index contributed by atoms with van der Waals surface area (Å²) in [5, 5.41) is 19.6. The van der Waals surface area contributed by atoms with E-state index in [1.807, 2.05) is 55.7 Å². The van der Waals surface area contributed by atoms with Gasteiger partial charge in [-0.2, -0.15) is 0 Å². The van der Waals surface area contributed by atoms with Gasteiger partial charge in [-0.25, -0.2) is 0 Å². The van der Waals surface area contributed by atoms with Gasteiger partial charge < -0.3 is 10.2 Å². The van der Waals surface area contributed by atoms with Gasteiger partial charge in [0.05, 0.1) is 0 Å². The molecule has 2 aromatic carbocycles. The minimum Gasteiger partial charge on any atom is -0.509 e. The monoisotopic (exact) mass is 234 g/mol. The van der Waals surface area contributed by atoms with E-state index in [-0.39, 0.29) is 0 Å². The zero-order valence-corrected chi connectivity index (χ0v) is 11.2. The first-order valence-corrected chi connectivity index (χ1v) is 6.01. The summed E-state index contributed by atoms with van der Waals surface area (Å²) in [5.41, 5.74) is 5.60. The minimum absolute atomic E-state index is 0.353. The Morgan fingerprint density at radius 3 is 1.00 bits per heavy atom. The summed E-state index contributed by atoms with van der Waals surface area (Å²) in [4.78, 5) is 0. The van der Waals surface area contributed by atoms with Crippen molar-refractivity contribution < 1.29 is 10.2 Å². The topological polar surface area (TPSA) is 40.5 Å². The summed E-state index contributed by atoms with van der Waals surface area (Å²) in [6.45, 7) is 0. The Labute approximate surface area is 111 Å². The van der Waals surface area contributed by atoms with E-state index in [4.69, 9.17) is 0 Å². The van der Waals surface area contributed by atoms with Crippen LogP contribution in [-0.4, -0.2) is 41.6 Å². The lowest BCUT2D eigenvalue weighted by Gasteiger charge is -2.11. The molecule has 0 radical (unpaired) electrons. The average molecular weight is 233 g/mol. The van der Waals surface area contributed by atoms with Crippen LogP contribution in [0, 0.1) is 0 Å². The number of phenols is 2. The summed E-state index contributed by atoms with van der Waals surface area (Å²) in [6, 6.07) is 7.86. The van der Waals surface area contributed by atoms with Crippen molar-refractivity contribution >= 4 is 53.2 Å². The third-order valence-electron chi connectivity index (χ3n) is 3.32. The fourth-order valence-corrected chi connectivity index (χ4v) is 2.25. The number of benzene rings is 2. The molecule has 86 valence electrons. The highest BCUT2D eigenvalue weighted by atomic mass is 16.3. The van der Waals surface area contributed by atoms with Crippen LogP contribution in [0.2, 0.25) is 0 Å². The van der Waals surface area contributed by atoms with Crippen molar-refractivity contribution in [1.29, 1.82) is 0 Å². The zero-order chi connectivity index (χ0) is 13.4. The first-order valence-electron chi connectivity index (χ1n) is 6.01. The van der Waals surface area contributed by atoms with Gasteiger partial charge >= 0.3 is 0 Å². The van der Waals surface area contributed by atoms with E-state index >= 15 is 0 Å². The Morgan fingerprint density at radius 2 is 0.778 bits per heavy atom. The molecule has 2 nitrogen and oxygen atoms in total. The molecule has 0 saturated carbocycles. The van der Waals surface area contributed by atoms with E-state index in [9.17, 15) is 10.2 Å². The molecule has 2 rings (SSSR count). The summed E-state index contributed by atoms with van der Waals surface area (Å²) in [5.74, 6) is 0.706. The van der Waals surface area contributed by atoms with Gasteiger partial charge in [-0.15, -0.1) is 0 Å². The maximum absolute atomic E-state index is 9.79. The molecule has 0 aromatic heterocycles. The molecular weight excluding hydrogens is 219 g/mol. The fourth-order valence-electron chi connectivity index (χ4n) is 2.25. The normalized spacial score (nSPS) is 10.4. The molecular formula is C12H14B4O2. The molecule has 2 aromatic rings. The fraction of sp³-hybridized carbons (Fsp3) is 0. The number of phenolic OH excluding ortho intramolecular Hbond substituents is 2. The lowest BCUT2D eigenvalue weighted by molar-refractivity contribution is 0.483. The number of hydrogen-bond donors (Lipinski definition) is 2. The van der Waals surface area contributed by atoms with Gasteiger partial charge in [-0.3, -0.25) is 0 Å². The first-order chi connectivity index (χ1) is 8.40. The smallest absolute Gasteiger partial charge is 0.144 e. The molecule has 0 heterocycles. The van der Waals surface area contributed by atoms with Gasteiger partial charge in [0.25, 0.3) is 0 Å². The van der Waals surface area contributed by atoms with Crippen LogP contribution in [0.5, 0.6) is 11.5 Å². The van der Waals surface area contributed by atoms with Crippen molar-refractivity contribution in [1.82, 2.24) is 0 Å². The highest BCUT2D eigenvalue weighted by molar-refractivity contribution is 6.43. The molecule has 6 heteroatoms. The van der Waals surface area contributed by atoms with E-state index in [2.05, 4.69) is 0 Å². The quantitative estimate of drug-likeness (QED) is 0.491. The molecule has 0 fully saturated rings. The zero-order valence-electron chi connectivity index (χ0n) is 11.2. The van der Waals surface area contributed by atoms with E-state index in [0.29, 0.717) is 11.5 Å². The first kappa shape index (κ1) is 12.7. The Balaban J connectivity index is 2.63. The van der Waals surface area contributed by atoms with Gasteiger partial charge in [-0.1, -0.05) is 24.3 Å². The number of hydrogen-bond acceptors (Lipinski definition) is 2. The SMILES string of the molecule is Bc1cc(-c2cc(B)c(O)c(B)c2)cc(B)c1O. The Hall–Kier alpha value is -1.70. The molecule has 18 heavy (non-hydrogen) atoms. The predicted octanol–water partition coefficient (Wildman–Crippen LogP) is -4.20. The van der Waals surface area contributed by atoms with Crippen LogP contribution in [0.15, 0.2) is 24.3 Å². The summed E-state index contributed by atoms with van der Waals surface area (Å²) < 4.78 is 0. The van der Waals surface area contributed by atoms with Gasteiger partial charge in [-0.05, 0) is 33.0 Å². The standard InChI is InChI=1S/C12H14B4O2/c13-7-1-5(2-8(14)11(7)17)6-3-9(15)12(18)10(16)4-6/h1-4,17-18H,13-16H2. The lowest BCUT2D eigenvalue weighted by Crippen LogP contribution is -2.18. The van der Waals surface area contributed by atoms with Crippen molar-refractivity contribution in [2.24, 2.45) is 0 Å². The number of rotatable bonds is 1. The van der Waals surface area contributed by atoms with E-state index in [1.165, 1.54) is 0 Å². The van der Waals surface area contributed by atoms with Crippen LogP contribution >= 0.6 is 0 Å². The average Bonchev–Trinajstić information content (AvgIpc) is 2.31. The van der Waals surface area contributed by atoms with E-state index in [0.717, 1.165) is 33.0 Å². The largest absolute Gasteiger partial charge is 0.509 e. The summed E-state index contributed by atoms with van der Waals surface area (Å²) >= 11 is 0. The van der Waals surface area contributed by atoms with Crippen LogP contribution < -0.4 is 21.9 Å². The van der Waals surface area contributed by atoms with Crippen molar-refractivity contribution in [2.45, 2.75) is 0 Å². The molecule has 0 aliphatic heterocycles. The van der Waals surface area contributed by atoms with Crippen molar-refractivity contribution in [2.75, 3.05) is 0 Å². The Kier molecular flexibility index (Phi) is 3.20. The summed E-state index contributed by atoms with van der Waals surface area (Å²) in [7, 11) is 7.58. The molecule has 0 amide bonds. The maximum Gasteiger partial charge on any atom is 0.144 e. The number of aromatic hydroxyl groups is 2. The molecule has 0 unspecified atom stereocenters. The van der Waals surface area contributed by atoms with Gasteiger partial charge in [0, 0.05) is 0 Å². The molecule has 0 bridgehead atoms. The third kappa shape index (κ3) is 2.15. The van der Waals surface area contributed by atoms with Crippen LogP contribution in [0.3, 0.4) is 0 Å². The second-order valence-electron chi connectivity index (χ2n) is 4.92. The van der Waals surface area contributed by atoms with Crippen molar-refractivity contribution in [3.05, 3.63) is 24.3 Å². The lowest BCUT2D eigenvalue weighted by atomic mass is 9.79. The molecule has 0 atom stereocenters. The highest BCUT2D eigenvalue weighted by Crippen LogP contribution is 2.18. The van der Waals surface area contributed by atoms with Gasteiger partial charge in [0.1, 0.15) is 42.9 Å². The Bertz CT molecular complexity index is 524. The second-order valence-corrected chi connectivity index (χ2v) is 4.92. The predicted molar refractivity (Wildman–Crippen MR) is 87.9 cm³/mol. The van der Waals surface area contributed by atoms with Gasteiger partial charge in [0.15, 0.2) is 0 Å². The van der Waals surface area contributed by atoms with Gasteiger partial charge in [0.2, 0.25) is 0 Å². The van der Waals surface area contributed by atoms with Crippen molar-refractivity contribution in [3.8, 4) is 22.6 Å². The molecule has 2 N–H and O–H groups in total. The molecule has 0 spiro atoms. The van der Waals surface area contributed by atoms with E-state index in [1.54, 1.807) is 0 Å². The van der Waals surface area contributed by atoms with Crippen LogP contribution in [-0.2, 0) is 0 Å². The summed E-state index contributed by atoms with van der Waals surface area (Å²) in [6.07, 6.45) is 0. The Morgan fingerprint density at radius 1 is 0.556 bits per heavy atom. The molecule has 0 aliphatic rings. The second kappa shape index (κ2) is 4.52. The maximum atomic E-state index is 9.79. The van der Waals surface area contributed by atoms with Crippen LogP contribution in [0.4, 0.5) is 0 Å². The van der Waals surface area contributed by atoms with Crippen molar-refractivity contribution in [3.63, 3.8) is 0 Å². The highest BCUT2D eigenvalue weighted by Gasteiger charge is 2.08. The third-order valence-corrected chi connectivity index (χ3v) is 3.32. The van der Waals surface area contributed by atoms with Crippen LogP contribution in [0.1, 0.15) is 0 Å². The van der Waals surface area contributed by atoms with E-state index < -0.39 is 0 Å². The molecule has 0 aliphatic carbocycles. The molecule has 0 saturated heterocycles. The minimum atomic E-state index is 0.353. The van der Waals surface area contributed by atoms with Crippen LogP contribution in [0.25, 0.3) is 11.1 Å².